The highest BCUT2D eigenvalue weighted by Gasteiger charge is 2.12. The Bertz CT molecular complexity index is 241. The monoisotopic (exact) mass is 192 g/mol. The number of allylic oxidation sites excluding steroid dienone is 2. The molecule has 1 fully saturated rings. The summed E-state index contributed by atoms with van der Waals surface area (Å²) in [6.07, 6.45) is 7.30. The molecular formula is C12H20N2. The van der Waals surface area contributed by atoms with E-state index in [9.17, 15) is 0 Å². The van der Waals surface area contributed by atoms with E-state index < -0.39 is 0 Å². The van der Waals surface area contributed by atoms with Crippen molar-refractivity contribution < 1.29 is 0 Å². The highest BCUT2D eigenvalue weighted by Crippen LogP contribution is 2.10. The molecule has 2 nitrogen and oxygen atoms in total. The molecule has 1 aliphatic heterocycles. The van der Waals surface area contributed by atoms with Crippen molar-refractivity contribution in [2.24, 2.45) is 0 Å². The minimum Gasteiger partial charge on any atom is -0.314 e. The summed E-state index contributed by atoms with van der Waals surface area (Å²) < 4.78 is 0. The van der Waals surface area contributed by atoms with Gasteiger partial charge in [0.1, 0.15) is 0 Å². The molecule has 1 atom stereocenters. The fourth-order valence-electron chi connectivity index (χ4n) is 1.63. The van der Waals surface area contributed by atoms with Gasteiger partial charge >= 0.3 is 0 Å². The minimum absolute atomic E-state index is 0.606. The number of rotatable bonds is 2. The lowest BCUT2D eigenvalue weighted by molar-refractivity contribution is 0.418. The summed E-state index contributed by atoms with van der Waals surface area (Å²) >= 11 is 0. The maximum atomic E-state index is 3.48. The lowest BCUT2D eigenvalue weighted by atomic mass is 10.1. The van der Waals surface area contributed by atoms with Gasteiger partial charge in [-0.05, 0) is 24.1 Å². The average Bonchev–Trinajstić information content (AvgIpc) is 2.75. The van der Waals surface area contributed by atoms with Crippen LogP contribution < -0.4 is 10.6 Å². The molecule has 14 heavy (non-hydrogen) atoms. The molecule has 0 spiro atoms. The van der Waals surface area contributed by atoms with Crippen LogP contribution in [0.4, 0.5) is 0 Å². The van der Waals surface area contributed by atoms with Crippen LogP contribution in [-0.2, 0) is 0 Å². The maximum absolute atomic E-state index is 3.48. The molecule has 1 aliphatic carbocycles. The topological polar surface area (TPSA) is 24.1 Å². The van der Waals surface area contributed by atoms with E-state index in [1.807, 2.05) is 19.9 Å². The van der Waals surface area contributed by atoms with E-state index >= 15 is 0 Å². The van der Waals surface area contributed by atoms with E-state index in [4.69, 9.17) is 0 Å². The first-order valence-corrected chi connectivity index (χ1v) is 5.51. The first-order valence-electron chi connectivity index (χ1n) is 5.51. The van der Waals surface area contributed by atoms with E-state index in [1.54, 1.807) is 0 Å². The van der Waals surface area contributed by atoms with E-state index in [1.165, 1.54) is 5.57 Å². The largest absolute Gasteiger partial charge is 0.314 e. The number of nitrogens with one attached hydrogen (secondary N) is 2. The van der Waals surface area contributed by atoms with Crippen LogP contribution in [0.15, 0.2) is 29.5 Å². The molecule has 0 amide bonds. The zero-order valence-corrected chi connectivity index (χ0v) is 9.14. The van der Waals surface area contributed by atoms with E-state index in [0.29, 0.717) is 6.04 Å². The van der Waals surface area contributed by atoms with Crippen LogP contribution in [0.5, 0.6) is 0 Å². The molecule has 0 aromatic heterocycles. The number of hydrogen-bond donors (Lipinski definition) is 2. The summed E-state index contributed by atoms with van der Waals surface area (Å²) in [5.74, 6) is 0. The van der Waals surface area contributed by atoms with Gasteiger partial charge in [0.05, 0.1) is 0 Å². The van der Waals surface area contributed by atoms with Crippen LogP contribution >= 0.6 is 0 Å². The smallest absolute Gasteiger partial charge is 0.0233 e. The van der Waals surface area contributed by atoms with Crippen LogP contribution in [0.3, 0.4) is 0 Å². The van der Waals surface area contributed by atoms with E-state index in [2.05, 4.69) is 28.5 Å². The number of piperazine rings is 1. The Labute approximate surface area is 86.8 Å². The molecule has 0 bridgehead atoms. The Morgan fingerprint density at radius 1 is 1.43 bits per heavy atom. The molecule has 0 aromatic rings. The first-order chi connectivity index (χ1) is 6.95. The van der Waals surface area contributed by atoms with Crippen LogP contribution in [0.25, 0.3) is 0 Å². The summed E-state index contributed by atoms with van der Waals surface area (Å²) in [5.41, 5.74) is 4.46. The third-order valence-corrected chi connectivity index (χ3v) is 2.27. The summed E-state index contributed by atoms with van der Waals surface area (Å²) in [4.78, 5) is 0. The van der Waals surface area contributed by atoms with Gasteiger partial charge in [-0.2, -0.15) is 0 Å². The van der Waals surface area contributed by atoms with Crippen LogP contribution in [0.1, 0.15) is 20.3 Å². The van der Waals surface area contributed by atoms with Gasteiger partial charge in [0.15, 0.2) is 0 Å². The third kappa shape index (κ3) is 3.51. The minimum atomic E-state index is 0.606. The first kappa shape index (κ1) is 11.3. The fraction of sp³-hybridized carbons (Fsp3) is 0.583. The van der Waals surface area contributed by atoms with E-state index in [0.717, 1.165) is 26.1 Å². The van der Waals surface area contributed by atoms with Crippen molar-refractivity contribution in [3.05, 3.63) is 29.5 Å². The zero-order valence-electron chi connectivity index (χ0n) is 9.14. The molecular weight excluding hydrogens is 172 g/mol. The summed E-state index contributed by atoms with van der Waals surface area (Å²) in [6.45, 7) is 7.28. The van der Waals surface area contributed by atoms with Gasteiger partial charge in [0.25, 0.3) is 0 Å². The van der Waals surface area contributed by atoms with Crippen molar-refractivity contribution in [2.75, 3.05) is 19.6 Å². The highest BCUT2D eigenvalue weighted by molar-refractivity contribution is 5.30. The predicted molar refractivity (Wildman–Crippen MR) is 61.4 cm³/mol. The molecule has 0 radical (unpaired) electrons. The quantitative estimate of drug-likeness (QED) is 0.650. The van der Waals surface area contributed by atoms with Gasteiger partial charge in [-0.15, -0.1) is 5.73 Å². The van der Waals surface area contributed by atoms with Crippen LogP contribution in [0, 0.1) is 0 Å². The van der Waals surface area contributed by atoms with Crippen molar-refractivity contribution >= 4 is 0 Å². The SMILES string of the molecule is C1=CC=C(CC2CNCCN2)C=1.CC. The molecule has 1 saturated heterocycles. The van der Waals surface area contributed by atoms with Gasteiger partial charge in [-0.25, -0.2) is 0 Å². The molecule has 2 rings (SSSR count). The average molecular weight is 192 g/mol. The summed E-state index contributed by atoms with van der Waals surface area (Å²) in [5, 5.41) is 6.86. The predicted octanol–water partition coefficient (Wildman–Crippen LogP) is 1.62. The Kier molecular flexibility index (Phi) is 5.31. The summed E-state index contributed by atoms with van der Waals surface area (Å²) in [7, 11) is 0. The molecule has 2 aliphatic rings. The molecule has 2 N–H and O–H groups in total. The fourth-order valence-corrected chi connectivity index (χ4v) is 1.63. The molecule has 78 valence electrons. The second kappa shape index (κ2) is 6.61. The van der Waals surface area contributed by atoms with Crippen LogP contribution in [0.2, 0.25) is 0 Å². The Morgan fingerprint density at radius 2 is 2.29 bits per heavy atom. The second-order valence-corrected chi connectivity index (χ2v) is 3.28. The van der Waals surface area contributed by atoms with Gasteiger partial charge in [-0.3, -0.25) is 0 Å². The molecule has 2 heteroatoms. The van der Waals surface area contributed by atoms with Crippen LogP contribution in [-0.4, -0.2) is 25.7 Å². The summed E-state index contributed by atoms with van der Waals surface area (Å²) in [6, 6.07) is 0.606. The lowest BCUT2D eigenvalue weighted by Crippen LogP contribution is -2.48. The second-order valence-electron chi connectivity index (χ2n) is 3.28. The standard InChI is InChI=1S/C10H14N2.C2H6/c1-2-4-9(3-1)7-10-8-11-5-6-12-10;1-2/h1,3-4,10-12H,5-8H2;1-2H3. The molecule has 0 aromatic carbocycles. The van der Waals surface area contributed by atoms with Crippen molar-refractivity contribution in [3.63, 3.8) is 0 Å². The van der Waals surface area contributed by atoms with Crippen molar-refractivity contribution in [3.8, 4) is 0 Å². The third-order valence-electron chi connectivity index (χ3n) is 2.27. The van der Waals surface area contributed by atoms with Gasteiger partial charge in [0, 0.05) is 25.7 Å². The molecule has 1 heterocycles. The highest BCUT2D eigenvalue weighted by atomic mass is 15.0. The lowest BCUT2D eigenvalue weighted by Gasteiger charge is -2.24. The zero-order chi connectivity index (χ0) is 10.2. The van der Waals surface area contributed by atoms with E-state index in [-0.39, 0.29) is 0 Å². The maximum Gasteiger partial charge on any atom is 0.0233 e. The normalized spacial score (nSPS) is 24.1. The number of hydrogen-bond acceptors (Lipinski definition) is 2. The van der Waals surface area contributed by atoms with Gasteiger partial charge in [0.2, 0.25) is 0 Å². The molecule has 0 saturated carbocycles. The van der Waals surface area contributed by atoms with Crippen molar-refractivity contribution in [1.29, 1.82) is 0 Å². The van der Waals surface area contributed by atoms with Gasteiger partial charge in [-0.1, -0.05) is 19.9 Å². The van der Waals surface area contributed by atoms with Crippen molar-refractivity contribution in [2.45, 2.75) is 26.3 Å². The Morgan fingerprint density at radius 3 is 2.86 bits per heavy atom. The van der Waals surface area contributed by atoms with Crippen molar-refractivity contribution in [1.82, 2.24) is 10.6 Å². The van der Waals surface area contributed by atoms with Gasteiger partial charge < -0.3 is 10.6 Å². The molecule has 1 unspecified atom stereocenters. The Hall–Kier alpha value is -0.820. The Balaban J connectivity index is 0.000000461.